The first-order chi connectivity index (χ1) is 11.6. The van der Waals surface area contributed by atoms with Crippen molar-refractivity contribution in [1.82, 2.24) is 9.97 Å². The lowest BCUT2D eigenvalue weighted by molar-refractivity contribution is 1.03. The second-order valence-corrected chi connectivity index (χ2v) is 6.13. The summed E-state index contributed by atoms with van der Waals surface area (Å²) in [6.07, 6.45) is 0. The summed E-state index contributed by atoms with van der Waals surface area (Å²) in [5.74, 6) is 1.37. The fraction of sp³-hybridized carbons (Fsp3) is 0.158. The Kier molecular flexibility index (Phi) is 4.96. The standard InChI is InChI=1S/C19H19ClN4/c1-13-3-9-17(10-4-13)23-18-11-14(2)22-19(24-18)21-12-15-5-7-16(20)8-6-15/h3-11H,12H2,1-2H3,(H2,21,22,23,24). The van der Waals surface area contributed by atoms with Crippen LogP contribution in [0.25, 0.3) is 0 Å². The molecule has 0 fully saturated rings. The van der Waals surface area contributed by atoms with Crippen molar-refractivity contribution >= 4 is 29.1 Å². The second kappa shape index (κ2) is 7.32. The van der Waals surface area contributed by atoms with Crippen LogP contribution in [0.2, 0.25) is 5.02 Å². The molecule has 0 aliphatic rings. The molecule has 0 atom stereocenters. The Hall–Kier alpha value is -2.59. The van der Waals surface area contributed by atoms with Gasteiger partial charge in [-0.3, -0.25) is 0 Å². The van der Waals surface area contributed by atoms with E-state index in [0.717, 1.165) is 27.8 Å². The summed E-state index contributed by atoms with van der Waals surface area (Å²) >= 11 is 5.90. The van der Waals surface area contributed by atoms with Gasteiger partial charge in [0.15, 0.2) is 0 Å². The van der Waals surface area contributed by atoms with Gasteiger partial charge in [-0.25, -0.2) is 4.98 Å². The lowest BCUT2D eigenvalue weighted by Gasteiger charge is -2.10. The van der Waals surface area contributed by atoms with Crippen molar-refractivity contribution in [3.05, 3.63) is 76.4 Å². The molecule has 0 radical (unpaired) electrons. The maximum Gasteiger partial charge on any atom is 0.225 e. The van der Waals surface area contributed by atoms with Crippen molar-refractivity contribution in [3.8, 4) is 0 Å². The number of benzene rings is 2. The average Bonchev–Trinajstić information content (AvgIpc) is 2.56. The smallest absolute Gasteiger partial charge is 0.225 e. The van der Waals surface area contributed by atoms with Crippen molar-refractivity contribution in [2.45, 2.75) is 20.4 Å². The number of rotatable bonds is 5. The number of nitrogens with one attached hydrogen (secondary N) is 2. The van der Waals surface area contributed by atoms with Gasteiger partial charge in [-0.2, -0.15) is 4.98 Å². The van der Waals surface area contributed by atoms with E-state index in [0.29, 0.717) is 12.5 Å². The topological polar surface area (TPSA) is 49.8 Å². The third-order valence-corrected chi connectivity index (χ3v) is 3.79. The minimum absolute atomic E-state index is 0.597. The van der Waals surface area contributed by atoms with Crippen LogP contribution in [-0.2, 0) is 6.54 Å². The number of nitrogens with zero attached hydrogens (tertiary/aromatic N) is 2. The minimum atomic E-state index is 0.597. The normalized spacial score (nSPS) is 10.5. The van der Waals surface area contributed by atoms with Crippen LogP contribution in [0.5, 0.6) is 0 Å². The maximum absolute atomic E-state index is 5.90. The summed E-state index contributed by atoms with van der Waals surface area (Å²) in [4.78, 5) is 8.96. The van der Waals surface area contributed by atoms with Crippen molar-refractivity contribution in [2.75, 3.05) is 10.6 Å². The molecular formula is C19H19ClN4. The molecular weight excluding hydrogens is 320 g/mol. The van der Waals surface area contributed by atoms with Gasteiger partial charge in [0.1, 0.15) is 5.82 Å². The Labute approximate surface area is 146 Å². The highest BCUT2D eigenvalue weighted by molar-refractivity contribution is 6.30. The summed E-state index contributed by atoms with van der Waals surface area (Å²) in [5.41, 5.74) is 4.25. The van der Waals surface area contributed by atoms with Gasteiger partial charge in [-0.15, -0.1) is 0 Å². The zero-order valence-corrected chi connectivity index (χ0v) is 14.4. The van der Waals surface area contributed by atoms with E-state index < -0.39 is 0 Å². The van der Waals surface area contributed by atoms with Gasteiger partial charge in [0.25, 0.3) is 0 Å². The SMILES string of the molecule is Cc1ccc(Nc2cc(C)nc(NCc3ccc(Cl)cc3)n2)cc1. The predicted octanol–water partition coefficient (Wildman–Crippen LogP) is 5.10. The molecule has 2 N–H and O–H groups in total. The first-order valence-corrected chi connectivity index (χ1v) is 8.14. The molecule has 0 spiro atoms. The fourth-order valence-corrected chi connectivity index (χ4v) is 2.41. The van der Waals surface area contributed by atoms with Gasteiger partial charge in [0.05, 0.1) is 0 Å². The number of aromatic nitrogens is 2. The van der Waals surface area contributed by atoms with Crippen LogP contribution >= 0.6 is 11.6 Å². The zero-order chi connectivity index (χ0) is 16.9. The summed E-state index contributed by atoms with van der Waals surface area (Å²) in [6, 6.07) is 17.8. The van der Waals surface area contributed by atoms with Crippen molar-refractivity contribution in [3.63, 3.8) is 0 Å². The van der Waals surface area contributed by atoms with E-state index in [1.54, 1.807) is 0 Å². The van der Waals surface area contributed by atoms with Crippen LogP contribution in [0.3, 0.4) is 0 Å². The molecule has 0 aliphatic heterocycles. The molecule has 0 saturated carbocycles. The number of aryl methyl sites for hydroxylation is 2. The number of halogens is 1. The Morgan fingerprint density at radius 3 is 2.33 bits per heavy atom. The first kappa shape index (κ1) is 16.3. The Morgan fingerprint density at radius 1 is 0.917 bits per heavy atom. The van der Waals surface area contributed by atoms with Crippen LogP contribution in [0, 0.1) is 13.8 Å². The highest BCUT2D eigenvalue weighted by Gasteiger charge is 2.03. The lowest BCUT2D eigenvalue weighted by Crippen LogP contribution is -2.06. The Morgan fingerprint density at radius 2 is 1.62 bits per heavy atom. The molecule has 3 aromatic rings. The van der Waals surface area contributed by atoms with E-state index in [-0.39, 0.29) is 0 Å². The second-order valence-electron chi connectivity index (χ2n) is 5.69. The summed E-state index contributed by atoms with van der Waals surface area (Å²) in [5, 5.41) is 7.29. The van der Waals surface area contributed by atoms with E-state index in [2.05, 4.69) is 39.7 Å². The molecule has 0 amide bonds. The number of anilines is 3. The largest absolute Gasteiger partial charge is 0.350 e. The quantitative estimate of drug-likeness (QED) is 0.679. The minimum Gasteiger partial charge on any atom is -0.350 e. The highest BCUT2D eigenvalue weighted by Crippen LogP contribution is 2.18. The molecule has 24 heavy (non-hydrogen) atoms. The van der Waals surface area contributed by atoms with Gasteiger partial charge in [-0.05, 0) is 43.7 Å². The van der Waals surface area contributed by atoms with Crippen LogP contribution < -0.4 is 10.6 Å². The van der Waals surface area contributed by atoms with Crippen molar-refractivity contribution in [1.29, 1.82) is 0 Å². The van der Waals surface area contributed by atoms with Crippen LogP contribution in [0.1, 0.15) is 16.8 Å². The van der Waals surface area contributed by atoms with Crippen molar-refractivity contribution in [2.24, 2.45) is 0 Å². The van der Waals surface area contributed by atoms with Crippen LogP contribution in [0.15, 0.2) is 54.6 Å². The monoisotopic (exact) mass is 338 g/mol. The molecule has 4 nitrogen and oxygen atoms in total. The maximum atomic E-state index is 5.90. The van der Waals surface area contributed by atoms with Gasteiger partial charge in [0, 0.05) is 29.0 Å². The average molecular weight is 339 g/mol. The molecule has 122 valence electrons. The molecule has 1 heterocycles. The van der Waals surface area contributed by atoms with Gasteiger partial charge < -0.3 is 10.6 Å². The number of hydrogen-bond donors (Lipinski definition) is 2. The predicted molar refractivity (Wildman–Crippen MR) is 100 cm³/mol. The summed E-state index contributed by atoms with van der Waals surface area (Å²) in [6.45, 7) is 4.66. The van der Waals surface area contributed by atoms with Crippen LogP contribution in [-0.4, -0.2) is 9.97 Å². The fourth-order valence-electron chi connectivity index (χ4n) is 2.28. The molecule has 0 bridgehead atoms. The third-order valence-electron chi connectivity index (χ3n) is 3.54. The summed E-state index contributed by atoms with van der Waals surface area (Å²) in [7, 11) is 0. The molecule has 1 aromatic heterocycles. The molecule has 3 rings (SSSR count). The Balaban J connectivity index is 1.71. The molecule has 2 aromatic carbocycles. The van der Waals surface area contributed by atoms with Crippen LogP contribution in [0.4, 0.5) is 17.5 Å². The highest BCUT2D eigenvalue weighted by atomic mass is 35.5. The summed E-state index contributed by atoms with van der Waals surface area (Å²) < 4.78 is 0. The lowest BCUT2D eigenvalue weighted by atomic mass is 10.2. The van der Waals surface area contributed by atoms with Crippen molar-refractivity contribution < 1.29 is 0 Å². The molecule has 0 aliphatic carbocycles. The van der Waals surface area contributed by atoms with E-state index in [1.165, 1.54) is 5.56 Å². The van der Waals surface area contributed by atoms with E-state index in [9.17, 15) is 0 Å². The zero-order valence-electron chi connectivity index (χ0n) is 13.7. The molecule has 0 unspecified atom stereocenters. The van der Waals surface area contributed by atoms with Gasteiger partial charge >= 0.3 is 0 Å². The van der Waals surface area contributed by atoms with E-state index in [1.807, 2.05) is 49.4 Å². The van der Waals surface area contributed by atoms with Gasteiger partial charge in [-0.1, -0.05) is 41.4 Å². The Bertz CT molecular complexity index is 814. The molecule has 5 heteroatoms. The van der Waals surface area contributed by atoms with Gasteiger partial charge in [0.2, 0.25) is 5.95 Å². The third kappa shape index (κ3) is 4.46. The van der Waals surface area contributed by atoms with E-state index in [4.69, 9.17) is 11.6 Å². The molecule has 0 saturated heterocycles. The first-order valence-electron chi connectivity index (χ1n) is 7.76. The number of hydrogen-bond acceptors (Lipinski definition) is 4. The van der Waals surface area contributed by atoms with E-state index >= 15 is 0 Å².